The maximum Gasteiger partial charge on any atom is 0.206 e. The summed E-state index contributed by atoms with van der Waals surface area (Å²) in [7, 11) is 0. The molecule has 1 saturated heterocycles. The zero-order valence-corrected chi connectivity index (χ0v) is 14.7. The van der Waals surface area contributed by atoms with E-state index < -0.39 is 0 Å². The normalized spacial score (nSPS) is 23.2. The van der Waals surface area contributed by atoms with E-state index in [1.165, 1.54) is 19.3 Å². The molecule has 0 bridgehead atoms. The molecule has 2 N–H and O–H groups in total. The SMILES string of the molecule is CC(C)N=C(NC(C)C)NN1C(C)(C)CCCC1(C)C. The van der Waals surface area contributed by atoms with Crippen LogP contribution < -0.4 is 10.7 Å². The molecule has 1 aliphatic rings. The highest BCUT2D eigenvalue weighted by Gasteiger charge is 2.42. The molecule has 0 aromatic carbocycles. The fourth-order valence-corrected chi connectivity index (χ4v) is 3.04. The lowest BCUT2D eigenvalue weighted by Crippen LogP contribution is -2.67. The largest absolute Gasteiger partial charge is 0.353 e. The van der Waals surface area contributed by atoms with Crippen molar-refractivity contribution in [1.29, 1.82) is 0 Å². The van der Waals surface area contributed by atoms with Crippen LogP contribution in [0.5, 0.6) is 0 Å². The summed E-state index contributed by atoms with van der Waals surface area (Å²) in [4.78, 5) is 4.70. The van der Waals surface area contributed by atoms with E-state index in [9.17, 15) is 0 Å². The predicted molar refractivity (Wildman–Crippen MR) is 87.8 cm³/mol. The summed E-state index contributed by atoms with van der Waals surface area (Å²) < 4.78 is 0. The van der Waals surface area contributed by atoms with Gasteiger partial charge in [-0.1, -0.05) is 0 Å². The Morgan fingerprint density at radius 3 is 1.90 bits per heavy atom. The van der Waals surface area contributed by atoms with Crippen molar-refractivity contribution in [3.63, 3.8) is 0 Å². The number of nitrogens with zero attached hydrogens (tertiary/aromatic N) is 2. The number of aliphatic imine (C=N–C) groups is 1. The molecule has 0 atom stereocenters. The Kier molecular flexibility index (Phi) is 5.47. The maximum absolute atomic E-state index is 4.70. The number of hydrogen-bond donors (Lipinski definition) is 2. The van der Waals surface area contributed by atoms with Gasteiger partial charge in [-0.3, -0.25) is 5.43 Å². The standard InChI is InChI=1S/C16H34N4/c1-12(2)17-14(18-13(3)4)19-20-15(5,6)10-9-11-16(20,7)8/h12-13H,9-11H2,1-8H3,(H2,17,18,19). The van der Waals surface area contributed by atoms with Crippen LogP contribution in [0.3, 0.4) is 0 Å². The van der Waals surface area contributed by atoms with E-state index in [1.54, 1.807) is 0 Å². The summed E-state index contributed by atoms with van der Waals surface area (Å²) in [6.07, 6.45) is 3.70. The second kappa shape index (κ2) is 6.33. The van der Waals surface area contributed by atoms with Crippen LogP contribution in [0.2, 0.25) is 0 Å². The summed E-state index contributed by atoms with van der Waals surface area (Å²) in [5, 5.41) is 5.82. The fraction of sp³-hybridized carbons (Fsp3) is 0.938. The minimum absolute atomic E-state index is 0.137. The number of hydrogen-bond acceptors (Lipinski definition) is 2. The highest BCUT2D eigenvalue weighted by atomic mass is 15.6. The van der Waals surface area contributed by atoms with Crippen LogP contribution in [-0.4, -0.2) is 34.1 Å². The first kappa shape index (κ1) is 17.3. The van der Waals surface area contributed by atoms with E-state index >= 15 is 0 Å². The molecular formula is C16H34N4. The third-order valence-electron chi connectivity index (χ3n) is 3.82. The fourth-order valence-electron chi connectivity index (χ4n) is 3.04. The van der Waals surface area contributed by atoms with Crippen LogP contribution in [0.15, 0.2) is 4.99 Å². The lowest BCUT2D eigenvalue weighted by atomic mass is 9.82. The zero-order chi connectivity index (χ0) is 15.6. The molecule has 0 aromatic heterocycles. The van der Waals surface area contributed by atoms with Gasteiger partial charge in [0.15, 0.2) is 0 Å². The van der Waals surface area contributed by atoms with Gasteiger partial charge in [0.1, 0.15) is 0 Å². The number of piperidine rings is 1. The lowest BCUT2D eigenvalue weighted by molar-refractivity contribution is -0.0520. The molecule has 0 saturated carbocycles. The maximum atomic E-state index is 4.70. The summed E-state index contributed by atoms with van der Waals surface area (Å²) in [6, 6.07) is 0.649. The Morgan fingerprint density at radius 1 is 1.00 bits per heavy atom. The third kappa shape index (κ3) is 4.65. The van der Waals surface area contributed by atoms with Gasteiger partial charge < -0.3 is 5.32 Å². The van der Waals surface area contributed by atoms with Gasteiger partial charge in [-0.15, -0.1) is 0 Å². The van der Waals surface area contributed by atoms with E-state index in [0.717, 1.165) is 5.96 Å². The Bertz CT molecular complexity index is 326. The van der Waals surface area contributed by atoms with Gasteiger partial charge in [-0.05, 0) is 74.7 Å². The highest BCUT2D eigenvalue weighted by molar-refractivity contribution is 5.79. The molecule has 1 heterocycles. The van der Waals surface area contributed by atoms with Gasteiger partial charge in [0.25, 0.3) is 0 Å². The van der Waals surface area contributed by atoms with Crippen molar-refractivity contribution >= 4 is 5.96 Å². The van der Waals surface area contributed by atoms with Crippen LogP contribution in [-0.2, 0) is 0 Å². The molecule has 1 aliphatic heterocycles. The second-order valence-corrected chi connectivity index (χ2v) is 7.80. The number of rotatable bonds is 3. The van der Waals surface area contributed by atoms with Gasteiger partial charge in [-0.25, -0.2) is 10.0 Å². The van der Waals surface area contributed by atoms with Gasteiger partial charge in [-0.2, -0.15) is 0 Å². The zero-order valence-electron chi connectivity index (χ0n) is 14.7. The minimum atomic E-state index is 0.137. The lowest BCUT2D eigenvalue weighted by Gasteiger charge is -2.52. The molecule has 20 heavy (non-hydrogen) atoms. The van der Waals surface area contributed by atoms with Crippen LogP contribution in [0.25, 0.3) is 0 Å². The Labute approximate surface area is 125 Å². The van der Waals surface area contributed by atoms with Crippen molar-refractivity contribution in [1.82, 2.24) is 15.8 Å². The molecular weight excluding hydrogens is 248 g/mol. The minimum Gasteiger partial charge on any atom is -0.353 e. The molecule has 118 valence electrons. The van der Waals surface area contributed by atoms with Crippen LogP contribution in [0.4, 0.5) is 0 Å². The van der Waals surface area contributed by atoms with Gasteiger partial charge in [0.05, 0.1) is 0 Å². The van der Waals surface area contributed by atoms with E-state index in [1.807, 2.05) is 0 Å². The molecule has 1 fully saturated rings. The number of hydrazine groups is 1. The molecule has 4 heteroatoms. The number of nitrogens with one attached hydrogen (secondary N) is 2. The molecule has 0 radical (unpaired) electrons. The van der Waals surface area contributed by atoms with E-state index in [2.05, 4.69) is 71.1 Å². The first-order valence-electron chi connectivity index (χ1n) is 7.96. The molecule has 1 rings (SSSR count). The van der Waals surface area contributed by atoms with Crippen molar-refractivity contribution in [3.8, 4) is 0 Å². The quantitative estimate of drug-likeness (QED) is 0.616. The van der Waals surface area contributed by atoms with Crippen molar-refractivity contribution in [2.75, 3.05) is 0 Å². The van der Waals surface area contributed by atoms with Crippen LogP contribution >= 0.6 is 0 Å². The van der Waals surface area contributed by atoms with Gasteiger partial charge >= 0.3 is 0 Å². The first-order valence-corrected chi connectivity index (χ1v) is 7.96. The Balaban J connectivity index is 2.94. The first-order chi connectivity index (χ1) is 9.04. The molecule has 0 aromatic rings. The average Bonchev–Trinajstić information content (AvgIpc) is 2.21. The topological polar surface area (TPSA) is 39.7 Å². The van der Waals surface area contributed by atoms with Crippen molar-refractivity contribution in [3.05, 3.63) is 0 Å². The smallest absolute Gasteiger partial charge is 0.206 e. The molecule has 0 spiro atoms. The summed E-state index contributed by atoms with van der Waals surface area (Å²) in [5.74, 6) is 0.887. The monoisotopic (exact) mass is 282 g/mol. The number of guanidine groups is 1. The molecule has 4 nitrogen and oxygen atoms in total. The van der Waals surface area contributed by atoms with Crippen molar-refractivity contribution in [2.45, 2.75) is 97.8 Å². The highest BCUT2D eigenvalue weighted by Crippen LogP contribution is 2.36. The van der Waals surface area contributed by atoms with Crippen LogP contribution in [0, 0.1) is 0 Å². The molecule has 0 unspecified atom stereocenters. The summed E-state index contributed by atoms with van der Waals surface area (Å²) in [5.41, 5.74) is 3.85. The van der Waals surface area contributed by atoms with E-state index in [0.29, 0.717) is 6.04 Å². The summed E-state index contributed by atoms with van der Waals surface area (Å²) in [6.45, 7) is 17.7. The summed E-state index contributed by atoms with van der Waals surface area (Å²) >= 11 is 0. The molecule has 0 aliphatic carbocycles. The molecule has 0 amide bonds. The second-order valence-electron chi connectivity index (χ2n) is 7.80. The van der Waals surface area contributed by atoms with E-state index in [4.69, 9.17) is 4.99 Å². The predicted octanol–water partition coefficient (Wildman–Crippen LogP) is 3.30. The van der Waals surface area contributed by atoms with E-state index in [-0.39, 0.29) is 17.1 Å². The average molecular weight is 282 g/mol. The van der Waals surface area contributed by atoms with Crippen molar-refractivity contribution < 1.29 is 0 Å². The Morgan fingerprint density at radius 2 is 1.50 bits per heavy atom. The third-order valence-corrected chi connectivity index (χ3v) is 3.82. The van der Waals surface area contributed by atoms with Crippen LogP contribution in [0.1, 0.15) is 74.7 Å². The van der Waals surface area contributed by atoms with Crippen molar-refractivity contribution in [2.24, 2.45) is 4.99 Å². The van der Waals surface area contributed by atoms with Gasteiger partial charge in [0.2, 0.25) is 5.96 Å². The Hall–Kier alpha value is -0.770. The van der Waals surface area contributed by atoms with Gasteiger partial charge in [0, 0.05) is 23.2 Å².